The third-order valence-corrected chi connectivity index (χ3v) is 5.42. The first-order valence-electron chi connectivity index (χ1n) is 8.36. The predicted molar refractivity (Wildman–Crippen MR) is 103 cm³/mol. The lowest BCUT2D eigenvalue weighted by Gasteiger charge is -2.25. The lowest BCUT2D eigenvalue weighted by molar-refractivity contribution is -0.117. The van der Waals surface area contributed by atoms with Crippen molar-refractivity contribution in [3.8, 4) is 0 Å². The van der Waals surface area contributed by atoms with Crippen molar-refractivity contribution in [3.05, 3.63) is 78.0 Å². The van der Waals surface area contributed by atoms with Gasteiger partial charge in [-0.05, 0) is 36.3 Å². The average molecular weight is 346 g/mol. The van der Waals surface area contributed by atoms with Gasteiger partial charge in [0, 0.05) is 22.1 Å². The van der Waals surface area contributed by atoms with Crippen LogP contribution in [-0.4, -0.2) is 16.6 Å². The number of rotatable bonds is 3. The molecule has 1 aliphatic rings. The number of nitrogens with one attached hydrogen (secondary N) is 1. The molecule has 0 fully saturated rings. The minimum atomic E-state index is -0.0818. The summed E-state index contributed by atoms with van der Waals surface area (Å²) in [7, 11) is 0. The van der Waals surface area contributed by atoms with Gasteiger partial charge < -0.3 is 5.32 Å². The van der Waals surface area contributed by atoms with E-state index in [4.69, 9.17) is 0 Å². The van der Waals surface area contributed by atoms with Crippen molar-refractivity contribution in [1.29, 1.82) is 0 Å². The Morgan fingerprint density at radius 1 is 1.08 bits per heavy atom. The Balaban J connectivity index is 1.47. The molecule has 0 saturated carbocycles. The lowest BCUT2D eigenvalue weighted by Crippen LogP contribution is -2.29. The standard InChI is InChI=1S/C21H18N2OS/c24-21(23-19-13-14-25-20-8-4-2-6-17(19)20)12-11-16-10-9-15-5-1-3-7-18(15)22-16/h1-12,19H,13-14H2,(H,23,24)/b12-11+/t19-/m0/s1. The number of fused-ring (bicyclic) bond motifs is 2. The van der Waals surface area contributed by atoms with Crippen molar-refractivity contribution in [2.45, 2.75) is 17.4 Å². The van der Waals surface area contributed by atoms with Crippen LogP contribution in [0.4, 0.5) is 0 Å². The van der Waals surface area contributed by atoms with Crippen molar-refractivity contribution < 1.29 is 4.79 Å². The molecule has 0 bridgehead atoms. The van der Waals surface area contributed by atoms with E-state index in [1.807, 2.05) is 60.3 Å². The van der Waals surface area contributed by atoms with Gasteiger partial charge in [0.05, 0.1) is 17.3 Å². The summed E-state index contributed by atoms with van der Waals surface area (Å²) in [4.78, 5) is 18.1. The highest BCUT2D eigenvalue weighted by Gasteiger charge is 2.20. The Labute approximate surface area is 151 Å². The van der Waals surface area contributed by atoms with Crippen molar-refractivity contribution in [2.75, 3.05) is 5.75 Å². The molecule has 0 spiro atoms. The van der Waals surface area contributed by atoms with Gasteiger partial charge in [0.1, 0.15) is 0 Å². The van der Waals surface area contributed by atoms with Crippen LogP contribution in [0.3, 0.4) is 0 Å². The van der Waals surface area contributed by atoms with Crippen LogP contribution >= 0.6 is 11.8 Å². The Kier molecular flexibility index (Phi) is 4.53. The number of benzene rings is 2. The van der Waals surface area contributed by atoms with Crippen LogP contribution in [0.2, 0.25) is 0 Å². The summed E-state index contributed by atoms with van der Waals surface area (Å²) in [6, 6.07) is 20.3. The molecule has 1 atom stereocenters. The number of carbonyl (C=O) groups excluding carboxylic acids is 1. The summed E-state index contributed by atoms with van der Waals surface area (Å²) >= 11 is 1.85. The quantitative estimate of drug-likeness (QED) is 0.705. The maximum Gasteiger partial charge on any atom is 0.244 e. The maximum absolute atomic E-state index is 12.3. The maximum atomic E-state index is 12.3. The van der Waals surface area contributed by atoms with E-state index in [0.717, 1.165) is 28.8 Å². The number of aromatic nitrogens is 1. The number of nitrogens with zero attached hydrogens (tertiary/aromatic N) is 1. The van der Waals surface area contributed by atoms with Gasteiger partial charge in [0.2, 0.25) is 5.91 Å². The molecule has 0 saturated heterocycles. The fourth-order valence-corrected chi connectivity index (χ4v) is 4.17. The molecule has 4 rings (SSSR count). The van der Waals surface area contributed by atoms with Crippen LogP contribution in [-0.2, 0) is 4.79 Å². The van der Waals surface area contributed by atoms with E-state index in [1.165, 1.54) is 10.5 Å². The number of amides is 1. The van der Waals surface area contributed by atoms with Gasteiger partial charge in [-0.3, -0.25) is 4.79 Å². The highest BCUT2D eigenvalue weighted by atomic mass is 32.2. The number of hydrogen-bond acceptors (Lipinski definition) is 3. The van der Waals surface area contributed by atoms with E-state index < -0.39 is 0 Å². The summed E-state index contributed by atoms with van der Waals surface area (Å²) in [6.07, 6.45) is 4.29. The first kappa shape index (κ1) is 15.9. The molecular weight excluding hydrogens is 328 g/mol. The zero-order valence-corrected chi connectivity index (χ0v) is 14.5. The molecule has 2 aromatic carbocycles. The Morgan fingerprint density at radius 3 is 2.88 bits per heavy atom. The SMILES string of the molecule is O=C(/C=C/c1ccc2ccccc2n1)N[C@H]1CCSc2ccccc21. The van der Waals surface area contributed by atoms with Gasteiger partial charge in [-0.2, -0.15) is 0 Å². The van der Waals surface area contributed by atoms with E-state index in [-0.39, 0.29) is 11.9 Å². The van der Waals surface area contributed by atoms with Gasteiger partial charge in [-0.1, -0.05) is 42.5 Å². The third kappa shape index (κ3) is 3.59. The molecule has 25 heavy (non-hydrogen) atoms. The smallest absolute Gasteiger partial charge is 0.244 e. The molecule has 3 nitrogen and oxygen atoms in total. The summed E-state index contributed by atoms with van der Waals surface area (Å²) in [5, 5.41) is 4.21. The van der Waals surface area contributed by atoms with E-state index in [1.54, 1.807) is 12.2 Å². The normalized spacial score (nSPS) is 16.7. The zero-order chi connectivity index (χ0) is 17.1. The summed E-state index contributed by atoms with van der Waals surface area (Å²) in [6.45, 7) is 0. The fraction of sp³-hybridized carbons (Fsp3) is 0.143. The third-order valence-electron chi connectivity index (χ3n) is 4.30. The molecule has 0 aliphatic carbocycles. The molecule has 4 heteroatoms. The Hall–Kier alpha value is -2.59. The molecule has 0 radical (unpaired) electrons. The molecule has 1 amide bonds. The fourth-order valence-electron chi connectivity index (χ4n) is 3.05. The molecule has 1 N–H and O–H groups in total. The van der Waals surface area contributed by atoms with Crippen LogP contribution < -0.4 is 5.32 Å². The van der Waals surface area contributed by atoms with Gasteiger partial charge >= 0.3 is 0 Å². The summed E-state index contributed by atoms with van der Waals surface area (Å²) in [5.74, 6) is 0.944. The van der Waals surface area contributed by atoms with Gasteiger partial charge in [0.25, 0.3) is 0 Å². The number of pyridine rings is 1. The number of carbonyl (C=O) groups is 1. The molecule has 3 aromatic rings. The second-order valence-electron chi connectivity index (χ2n) is 6.00. The lowest BCUT2D eigenvalue weighted by atomic mass is 10.0. The molecule has 124 valence electrons. The second-order valence-corrected chi connectivity index (χ2v) is 7.14. The first-order chi connectivity index (χ1) is 12.3. The first-order valence-corrected chi connectivity index (χ1v) is 9.34. The zero-order valence-electron chi connectivity index (χ0n) is 13.7. The predicted octanol–water partition coefficient (Wildman–Crippen LogP) is 4.60. The minimum Gasteiger partial charge on any atom is -0.346 e. The van der Waals surface area contributed by atoms with E-state index in [2.05, 4.69) is 22.4 Å². The number of thioether (sulfide) groups is 1. The summed E-state index contributed by atoms with van der Waals surface area (Å²) < 4.78 is 0. The molecule has 2 heterocycles. The topological polar surface area (TPSA) is 42.0 Å². The second kappa shape index (κ2) is 7.11. The highest BCUT2D eigenvalue weighted by Crippen LogP contribution is 2.35. The highest BCUT2D eigenvalue weighted by molar-refractivity contribution is 7.99. The Morgan fingerprint density at radius 2 is 1.92 bits per heavy atom. The van der Waals surface area contributed by atoms with Gasteiger partial charge in [0.15, 0.2) is 0 Å². The van der Waals surface area contributed by atoms with Crippen molar-refractivity contribution in [1.82, 2.24) is 10.3 Å². The number of para-hydroxylation sites is 1. The van der Waals surface area contributed by atoms with Crippen LogP contribution in [0, 0.1) is 0 Å². The van der Waals surface area contributed by atoms with Gasteiger partial charge in [-0.25, -0.2) is 4.98 Å². The van der Waals surface area contributed by atoms with Crippen LogP contribution in [0.1, 0.15) is 23.7 Å². The van der Waals surface area contributed by atoms with E-state index in [9.17, 15) is 4.79 Å². The average Bonchev–Trinajstić information content (AvgIpc) is 2.66. The van der Waals surface area contributed by atoms with Crippen LogP contribution in [0.5, 0.6) is 0 Å². The van der Waals surface area contributed by atoms with Crippen LogP contribution in [0.25, 0.3) is 17.0 Å². The molecule has 1 aliphatic heterocycles. The Bertz CT molecular complexity index is 951. The van der Waals surface area contributed by atoms with Gasteiger partial charge in [-0.15, -0.1) is 11.8 Å². The number of hydrogen-bond donors (Lipinski definition) is 1. The minimum absolute atomic E-state index is 0.0818. The molecular formula is C21H18N2OS. The van der Waals surface area contributed by atoms with Crippen molar-refractivity contribution in [3.63, 3.8) is 0 Å². The van der Waals surface area contributed by atoms with E-state index >= 15 is 0 Å². The summed E-state index contributed by atoms with van der Waals surface area (Å²) in [5.41, 5.74) is 2.93. The van der Waals surface area contributed by atoms with Crippen LogP contribution in [0.15, 0.2) is 71.6 Å². The van der Waals surface area contributed by atoms with Crippen molar-refractivity contribution >= 4 is 34.6 Å². The monoisotopic (exact) mass is 346 g/mol. The molecule has 1 aromatic heterocycles. The van der Waals surface area contributed by atoms with Crippen molar-refractivity contribution in [2.24, 2.45) is 0 Å². The largest absolute Gasteiger partial charge is 0.346 e. The molecule has 0 unspecified atom stereocenters. The van der Waals surface area contributed by atoms with E-state index in [0.29, 0.717) is 0 Å².